The second-order valence-corrected chi connectivity index (χ2v) is 4.86. The highest BCUT2D eigenvalue weighted by atomic mass is 32.2. The molecule has 0 aliphatic carbocycles. The molecular formula is C11H8F6N4S. The van der Waals surface area contributed by atoms with E-state index in [1.807, 2.05) is 0 Å². The van der Waals surface area contributed by atoms with E-state index in [0.29, 0.717) is 4.52 Å². The van der Waals surface area contributed by atoms with Crippen LogP contribution in [0.4, 0.5) is 26.3 Å². The highest BCUT2D eigenvalue weighted by Gasteiger charge is 2.41. The fourth-order valence-electron chi connectivity index (χ4n) is 1.75. The highest BCUT2D eigenvalue weighted by molar-refractivity contribution is 7.98. The summed E-state index contributed by atoms with van der Waals surface area (Å²) in [5.41, 5.74) is -3.72. The molecule has 2 aromatic rings. The van der Waals surface area contributed by atoms with E-state index in [2.05, 4.69) is 15.1 Å². The Morgan fingerprint density at radius 1 is 1.18 bits per heavy atom. The predicted molar refractivity (Wildman–Crippen MR) is 68.3 cm³/mol. The molecule has 120 valence electrons. The van der Waals surface area contributed by atoms with Crippen LogP contribution >= 0.6 is 11.8 Å². The first-order valence-electron chi connectivity index (χ1n) is 5.64. The molecule has 0 aliphatic heterocycles. The molecule has 0 amide bonds. The molecule has 0 N–H and O–H groups in total. The summed E-state index contributed by atoms with van der Waals surface area (Å²) < 4.78 is 77.8. The second kappa shape index (κ2) is 5.45. The van der Waals surface area contributed by atoms with Gasteiger partial charge in [0.1, 0.15) is 10.7 Å². The number of nitrogens with zero attached hydrogens (tertiary/aromatic N) is 4. The number of hydrogen-bond acceptors (Lipinski definition) is 4. The van der Waals surface area contributed by atoms with Gasteiger partial charge in [-0.1, -0.05) is 0 Å². The summed E-state index contributed by atoms with van der Waals surface area (Å²) in [6.07, 6.45) is -7.36. The van der Waals surface area contributed by atoms with E-state index in [1.54, 1.807) is 0 Å². The van der Waals surface area contributed by atoms with Crippen molar-refractivity contribution in [3.05, 3.63) is 23.0 Å². The van der Waals surface area contributed by atoms with Crippen molar-refractivity contribution in [2.75, 3.05) is 13.3 Å². The van der Waals surface area contributed by atoms with Crippen LogP contribution in [0, 0.1) is 0 Å². The van der Waals surface area contributed by atoms with Gasteiger partial charge in [-0.05, 0) is 12.3 Å². The van der Waals surface area contributed by atoms with Gasteiger partial charge in [-0.2, -0.15) is 31.4 Å². The Morgan fingerprint density at radius 2 is 1.82 bits per heavy atom. The first-order chi connectivity index (χ1) is 10.1. The first kappa shape index (κ1) is 16.6. The zero-order valence-corrected chi connectivity index (χ0v) is 11.9. The molecule has 11 heteroatoms. The number of thioether (sulfide) groups is 1. The van der Waals surface area contributed by atoms with Gasteiger partial charge in [0.15, 0.2) is 11.3 Å². The predicted octanol–water partition coefficient (Wildman–Crippen LogP) is 3.54. The molecule has 0 saturated heterocycles. The Hall–Kier alpha value is -1.78. The third-order valence-corrected chi connectivity index (χ3v) is 3.31. The summed E-state index contributed by atoms with van der Waals surface area (Å²) >= 11 is 0.982. The van der Waals surface area contributed by atoms with Gasteiger partial charge in [-0.3, -0.25) is 4.99 Å². The third kappa shape index (κ3) is 2.89. The van der Waals surface area contributed by atoms with Gasteiger partial charge >= 0.3 is 12.4 Å². The molecule has 0 bridgehead atoms. The van der Waals surface area contributed by atoms with Crippen molar-refractivity contribution in [1.82, 2.24) is 14.6 Å². The lowest BCUT2D eigenvalue weighted by atomic mass is 10.3. The van der Waals surface area contributed by atoms with Crippen LogP contribution in [0.3, 0.4) is 0 Å². The van der Waals surface area contributed by atoms with Gasteiger partial charge in [0.25, 0.3) is 0 Å². The molecule has 2 heterocycles. The Kier molecular flexibility index (Phi) is 4.11. The molecule has 2 rings (SSSR count). The minimum absolute atomic E-state index is 0.00611. The molecule has 0 spiro atoms. The molecule has 0 aromatic carbocycles. The van der Waals surface area contributed by atoms with Crippen molar-refractivity contribution >= 4 is 23.6 Å². The monoisotopic (exact) mass is 342 g/mol. The molecule has 0 radical (unpaired) electrons. The largest absolute Gasteiger partial charge is 0.433 e. The van der Waals surface area contributed by atoms with E-state index < -0.39 is 29.4 Å². The molecule has 0 saturated carbocycles. The zero-order chi connectivity index (χ0) is 16.7. The fraction of sp³-hybridized carbons (Fsp3) is 0.364. The van der Waals surface area contributed by atoms with Crippen molar-refractivity contribution in [3.8, 4) is 0 Å². The van der Waals surface area contributed by atoms with E-state index in [-0.39, 0.29) is 16.7 Å². The van der Waals surface area contributed by atoms with Gasteiger partial charge in [0.2, 0.25) is 0 Å². The highest BCUT2D eigenvalue weighted by Crippen LogP contribution is 2.36. The number of halogens is 6. The van der Waals surface area contributed by atoms with Crippen LogP contribution in [0.1, 0.15) is 17.0 Å². The molecule has 0 unspecified atom stereocenters. The van der Waals surface area contributed by atoms with Gasteiger partial charge in [0, 0.05) is 13.3 Å². The number of fused-ring (bicyclic) bond motifs is 1. The lowest BCUT2D eigenvalue weighted by molar-refractivity contribution is -0.148. The fourth-order valence-corrected chi connectivity index (χ4v) is 2.28. The summed E-state index contributed by atoms with van der Waals surface area (Å²) in [5, 5.41) is 3.78. The van der Waals surface area contributed by atoms with Crippen LogP contribution in [0.25, 0.3) is 5.65 Å². The van der Waals surface area contributed by atoms with Gasteiger partial charge < -0.3 is 0 Å². The Labute approximate surface area is 124 Å². The van der Waals surface area contributed by atoms with E-state index in [1.165, 1.54) is 13.3 Å². The normalized spacial score (nSPS) is 13.5. The van der Waals surface area contributed by atoms with Crippen LogP contribution in [0.5, 0.6) is 0 Å². The quantitative estimate of drug-likeness (QED) is 0.476. The lowest BCUT2D eigenvalue weighted by Crippen LogP contribution is -2.18. The molecule has 0 aliphatic rings. The van der Waals surface area contributed by atoms with E-state index in [0.717, 1.165) is 18.0 Å². The average Bonchev–Trinajstić information content (AvgIpc) is 2.74. The SMILES string of the molecule is CN=Cc1c(SC)nn2c(C(F)(F)F)cc(C(F)(F)F)nc12. The number of rotatable bonds is 2. The molecule has 2 aromatic heterocycles. The minimum Gasteiger partial charge on any atom is -0.296 e. The maximum absolute atomic E-state index is 13.0. The van der Waals surface area contributed by atoms with Crippen molar-refractivity contribution < 1.29 is 26.3 Å². The maximum Gasteiger partial charge on any atom is 0.433 e. The summed E-state index contributed by atoms with van der Waals surface area (Å²) in [6, 6.07) is -0.0586. The van der Waals surface area contributed by atoms with Crippen LogP contribution in [0.15, 0.2) is 16.1 Å². The Balaban J connectivity index is 2.93. The maximum atomic E-state index is 13.0. The van der Waals surface area contributed by atoms with Crippen LogP contribution < -0.4 is 0 Å². The van der Waals surface area contributed by atoms with Crippen molar-refractivity contribution in [3.63, 3.8) is 0 Å². The van der Waals surface area contributed by atoms with Crippen LogP contribution in [0.2, 0.25) is 0 Å². The van der Waals surface area contributed by atoms with Crippen molar-refractivity contribution in [2.45, 2.75) is 17.4 Å². The van der Waals surface area contributed by atoms with E-state index in [4.69, 9.17) is 0 Å². The second-order valence-electron chi connectivity index (χ2n) is 4.07. The smallest absolute Gasteiger partial charge is 0.296 e. The van der Waals surface area contributed by atoms with E-state index in [9.17, 15) is 26.3 Å². The third-order valence-electron chi connectivity index (χ3n) is 2.62. The van der Waals surface area contributed by atoms with Crippen LogP contribution in [-0.4, -0.2) is 34.1 Å². The molecular weight excluding hydrogens is 334 g/mol. The molecule has 4 nitrogen and oxygen atoms in total. The number of aliphatic imine (C=N–C) groups is 1. The topological polar surface area (TPSA) is 42.5 Å². The van der Waals surface area contributed by atoms with E-state index >= 15 is 0 Å². The minimum atomic E-state index is -5.01. The summed E-state index contributed by atoms with van der Waals surface area (Å²) in [6.45, 7) is 0. The first-order valence-corrected chi connectivity index (χ1v) is 6.86. The number of alkyl halides is 6. The summed E-state index contributed by atoms with van der Waals surface area (Å²) in [5.74, 6) is 0. The number of aromatic nitrogens is 3. The Morgan fingerprint density at radius 3 is 2.27 bits per heavy atom. The van der Waals surface area contributed by atoms with Crippen LogP contribution in [-0.2, 0) is 12.4 Å². The molecule has 0 fully saturated rings. The van der Waals surface area contributed by atoms with Gasteiger partial charge in [0.05, 0.1) is 5.56 Å². The van der Waals surface area contributed by atoms with Crippen molar-refractivity contribution in [1.29, 1.82) is 0 Å². The lowest BCUT2D eigenvalue weighted by Gasteiger charge is -2.12. The zero-order valence-electron chi connectivity index (χ0n) is 11.1. The summed E-state index contributed by atoms with van der Waals surface area (Å²) in [7, 11) is 1.34. The number of hydrogen-bond donors (Lipinski definition) is 0. The van der Waals surface area contributed by atoms with Crippen molar-refractivity contribution in [2.24, 2.45) is 4.99 Å². The molecule has 0 atom stereocenters. The Bertz CT molecular complexity index is 731. The average molecular weight is 342 g/mol. The standard InChI is InChI=1S/C11H8F6N4S/c1-18-4-5-8-19-6(10(12,13)14)3-7(11(15,16)17)21(8)20-9(5)22-2/h3-4H,1-2H3. The van der Waals surface area contributed by atoms with Gasteiger partial charge in [-0.15, -0.1) is 11.8 Å². The van der Waals surface area contributed by atoms with Gasteiger partial charge in [-0.25, -0.2) is 9.50 Å². The molecule has 22 heavy (non-hydrogen) atoms. The summed E-state index contributed by atoms with van der Waals surface area (Å²) in [4.78, 5) is 6.91.